The van der Waals surface area contributed by atoms with Crippen molar-refractivity contribution in [3.8, 4) is 28.6 Å². The summed E-state index contributed by atoms with van der Waals surface area (Å²) < 4.78 is 19.3. The summed E-state index contributed by atoms with van der Waals surface area (Å²) in [7, 11) is 0. The van der Waals surface area contributed by atoms with Crippen molar-refractivity contribution in [2.75, 3.05) is 13.2 Å². The molecule has 0 N–H and O–H groups in total. The van der Waals surface area contributed by atoms with Crippen LogP contribution < -0.4 is 19.8 Å². The average Bonchev–Trinajstić information content (AvgIpc) is 3.01. The second kappa shape index (κ2) is 14.2. The molecule has 0 atom stereocenters. The lowest BCUT2D eigenvalue weighted by Gasteiger charge is -2.18. The number of aromatic nitrogens is 2. The number of para-hydroxylation sites is 1. The second-order valence-electron chi connectivity index (χ2n) is 10.8. The van der Waals surface area contributed by atoms with Gasteiger partial charge in [-0.15, -0.1) is 0 Å². The number of rotatable bonds is 11. The molecule has 7 nitrogen and oxygen atoms in total. The van der Waals surface area contributed by atoms with Gasteiger partial charge in [0.2, 0.25) is 0 Å². The maximum atomic E-state index is 13.9. The monoisotopic (exact) mass is 643 g/mol. The van der Waals surface area contributed by atoms with E-state index >= 15 is 0 Å². The highest BCUT2D eigenvalue weighted by atomic mass is 35.5. The molecule has 0 radical (unpaired) electrons. The third kappa shape index (κ3) is 7.16. The molecule has 0 aliphatic heterocycles. The molecule has 0 fully saturated rings. The van der Waals surface area contributed by atoms with Gasteiger partial charge in [0.1, 0.15) is 12.4 Å². The quantitative estimate of drug-likeness (QED) is 0.134. The van der Waals surface area contributed by atoms with Crippen LogP contribution in [0.25, 0.3) is 22.3 Å². The number of halogens is 2. The fourth-order valence-electron chi connectivity index (χ4n) is 4.99. The number of hydrogen-bond acceptors (Lipinski definition) is 6. The van der Waals surface area contributed by atoms with Crippen LogP contribution in [0.5, 0.6) is 17.2 Å². The van der Waals surface area contributed by atoms with Gasteiger partial charge in [-0.1, -0.05) is 55.2 Å². The molecule has 0 aliphatic rings. The van der Waals surface area contributed by atoms with Crippen LogP contribution in [0.1, 0.15) is 55.9 Å². The largest absolute Gasteiger partial charge is 0.494 e. The first-order chi connectivity index (χ1) is 21.7. The van der Waals surface area contributed by atoms with Crippen LogP contribution in [0.15, 0.2) is 82.7 Å². The minimum atomic E-state index is -0.268. The van der Waals surface area contributed by atoms with E-state index in [9.17, 15) is 4.79 Å². The molecule has 0 spiro atoms. The molecule has 232 valence electrons. The van der Waals surface area contributed by atoms with Crippen LogP contribution in [-0.4, -0.2) is 29.1 Å². The number of hydrogen-bond donors (Lipinski definition) is 0. The van der Waals surface area contributed by atoms with Gasteiger partial charge in [-0.25, -0.2) is 4.98 Å². The maximum absolute atomic E-state index is 13.9. The summed E-state index contributed by atoms with van der Waals surface area (Å²) in [5.74, 6) is 2.57. The van der Waals surface area contributed by atoms with Crippen LogP contribution in [0.3, 0.4) is 0 Å². The molecular formula is C36H35Cl2N3O4. The Morgan fingerprint density at radius 2 is 1.64 bits per heavy atom. The highest BCUT2D eigenvalue weighted by Crippen LogP contribution is 2.35. The summed E-state index contributed by atoms with van der Waals surface area (Å²) in [6.07, 6.45) is 1.62. The van der Waals surface area contributed by atoms with E-state index in [1.165, 1.54) is 4.68 Å². The Morgan fingerprint density at radius 3 is 2.38 bits per heavy atom. The van der Waals surface area contributed by atoms with Crippen LogP contribution in [0, 0.1) is 6.92 Å². The Morgan fingerprint density at radius 1 is 0.889 bits per heavy atom. The van der Waals surface area contributed by atoms with E-state index in [0.29, 0.717) is 57.0 Å². The minimum absolute atomic E-state index is 0.198. The van der Waals surface area contributed by atoms with Gasteiger partial charge in [-0.05, 0) is 98.0 Å². The van der Waals surface area contributed by atoms with E-state index in [-0.39, 0.29) is 18.1 Å². The molecule has 5 aromatic rings. The summed E-state index contributed by atoms with van der Waals surface area (Å²) in [5.41, 5.74) is 4.62. The van der Waals surface area contributed by atoms with Crippen LogP contribution in [0.4, 0.5) is 0 Å². The van der Waals surface area contributed by atoms with Gasteiger partial charge in [0.05, 0.1) is 30.3 Å². The van der Waals surface area contributed by atoms with Crippen LogP contribution >= 0.6 is 23.2 Å². The van der Waals surface area contributed by atoms with E-state index in [2.05, 4.69) is 25.0 Å². The third-order valence-corrected chi connectivity index (χ3v) is 7.85. The van der Waals surface area contributed by atoms with Crippen molar-refractivity contribution in [1.82, 2.24) is 9.66 Å². The molecule has 0 saturated heterocycles. The topological polar surface area (TPSA) is 74.9 Å². The van der Waals surface area contributed by atoms with Gasteiger partial charge in [-0.3, -0.25) is 4.79 Å². The lowest BCUT2D eigenvalue weighted by molar-refractivity contribution is 0.269. The van der Waals surface area contributed by atoms with Gasteiger partial charge in [-0.2, -0.15) is 9.78 Å². The minimum Gasteiger partial charge on any atom is -0.494 e. The molecule has 0 amide bonds. The zero-order chi connectivity index (χ0) is 32.1. The zero-order valence-corrected chi connectivity index (χ0v) is 27.4. The van der Waals surface area contributed by atoms with Crippen molar-refractivity contribution in [3.05, 3.63) is 115 Å². The summed E-state index contributed by atoms with van der Waals surface area (Å²) in [6, 6.07) is 22.1. The van der Waals surface area contributed by atoms with E-state index < -0.39 is 0 Å². The molecule has 0 bridgehead atoms. The average molecular weight is 645 g/mol. The summed E-state index contributed by atoms with van der Waals surface area (Å²) in [4.78, 5) is 18.8. The Labute approximate surface area is 273 Å². The van der Waals surface area contributed by atoms with Crippen molar-refractivity contribution < 1.29 is 14.2 Å². The molecule has 1 aromatic heterocycles. The molecular weight excluding hydrogens is 609 g/mol. The van der Waals surface area contributed by atoms with E-state index in [4.69, 9.17) is 42.4 Å². The first-order valence-corrected chi connectivity index (χ1v) is 15.6. The van der Waals surface area contributed by atoms with E-state index in [1.54, 1.807) is 24.4 Å². The maximum Gasteiger partial charge on any atom is 0.282 e. The van der Waals surface area contributed by atoms with E-state index in [1.807, 2.05) is 69.3 Å². The Kier molecular flexibility index (Phi) is 10.1. The number of fused-ring (bicyclic) bond motifs is 1. The second-order valence-corrected chi connectivity index (χ2v) is 11.6. The molecule has 45 heavy (non-hydrogen) atoms. The lowest BCUT2D eigenvalue weighted by atomic mass is 9.96. The fourth-order valence-corrected chi connectivity index (χ4v) is 5.45. The predicted molar refractivity (Wildman–Crippen MR) is 183 cm³/mol. The van der Waals surface area contributed by atoms with Gasteiger partial charge < -0.3 is 14.2 Å². The van der Waals surface area contributed by atoms with Crippen molar-refractivity contribution in [1.29, 1.82) is 0 Å². The van der Waals surface area contributed by atoms with E-state index in [0.717, 1.165) is 28.0 Å². The summed E-state index contributed by atoms with van der Waals surface area (Å²) in [5, 5.41) is 6.24. The fraction of sp³-hybridized carbons (Fsp3) is 0.250. The predicted octanol–water partition coefficient (Wildman–Crippen LogP) is 9.06. The molecule has 1 heterocycles. The smallest absolute Gasteiger partial charge is 0.282 e. The number of benzene rings is 4. The van der Waals surface area contributed by atoms with Crippen molar-refractivity contribution >= 4 is 40.3 Å². The van der Waals surface area contributed by atoms with Crippen molar-refractivity contribution in [3.63, 3.8) is 0 Å². The number of nitrogens with zero attached hydrogens (tertiary/aromatic N) is 3. The molecule has 4 aromatic carbocycles. The Bertz CT molecular complexity index is 1930. The molecule has 0 aliphatic carbocycles. The van der Waals surface area contributed by atoms with Gasteiger partial charge in [0.25, 0.3) is 5.56 Å². The Hall–Kier alpha value is -4.33. The standard InChI is InChI=1S/C36H35Cl2N3O4/c1-6-43-33-16-23(5)29(19-28(33)22(3)4)35-40-31-11-9-8-10-27(31)36(42)41(35)39-20-24-12-15-32(34(17-24)44-7-2)45-21-25-13-14-26(37)18-30(25)38/h8-20,22H,6-7,21H2,1-5H3. The highest BCUT2D eigenvalue weighted by Gasteiger charge is 2.19. The SMILES string of the molecule is CCOc1cc(C=Nn2c(-c3cc(C(C)C)c(OCC)cc3C)nc3ccccc3c2=O)ccc1OCc1ccc(Cl)cc1Cl. The number of ether oxygens (including phenoxy) is 3. The van der Waals surface area contributed by atoms with Crippen molar-refractivity contribution in [2.24, 2.45) is 5.10 Å². The summed E-state index contributed by atoms with van der Waals surface area (Å²) >= 11 is 12.4. The molecule has 0 unspecified atom stereocenters. The van der Waals surface area contributed by atoms with Gasteiger partial charge in [0.15, 0.2) is 17.3 Å². The zero-order valence-electron chi connectivity index (χ0n) is 25.9. The summed E-state index contributed by atoms with van der Waals surface area (Å²) in [6.45, 7) is 11.3. The van der Waals surface area contributed by atoms with Crippen LogP contribution in [0.2, 0.25) is 10.0 Å². The Balaban J connectivity index is 1.56. The first kappa shape index (κ1) is 32.1. The number of aryl methyl sites for hydroxylation is 1. The molecule has 5 rings (SSSR count). The third-order valence-electron chi connectivity index (χ3n) is 7.26. The van der Waals surface area contributed by atoms with Crippen molar-refractivity contribution in [2.45, 2.75) is 47.1 Å². The van der Waals surface area contributed by atoms with Gasteiger partial charge >= 0.3 is 0 Å². The highest BCUT2D eigenvalue weighted by molar-refractivity contribution is 6.35. The lowest BCUT2D eigenvalue weighted by Crippen LogP contribution is -2.21. The molecule has 9 heteroatoms. The molecule has 0 saturated carbocycles. The normalized spacial score (nSPS) is 11.5. The first-order valence-electron chi connectivity index (χ1n) is 14.9. The van der Waals surface area contributed by atoms with Gasteiger partial charge in [0, 0.05) is 21.2 Å². The van der Waals surface area contributed by atoms with Crippen LogP contribution in [-0.2, 0) is 6.61 Å².